The molecular weight excluding hydrogens is 1090 g/mol. The lowest BCUT2D eigenvalue weighted by molar-refractivity contribution is -0.132. The van der Waals surface area contributed by atoms with Gasteiger partial charge in [0.05, 0.1) is 39.5 Å². The third kappa shape index (κ3) is 22.6. The maximum absolute atomic E-state index is 14.1. The molecule has 2 aliphatic carbocycles. The molecule has 2 saturated heterocycles. The summed E-state index contributed by atoms with van der Waals surface area (Å²) in [6, 6.07) is 10.9. The van der Waals surface area contributed by atoms with Crippen molar-refractivity contribution >= 4 is 29.9 Å². The third-order valence-electron chi connectivity index (χ3n) is 15.5. The van der Waals surface area contributed by atoms with E-state index in [-0.39, 0.29) is 72.2 Å². The molecule has 2 aromatic rings. The average Bonchev–Trinajstić information content (AvgIpc) is 4.50. The predicted octanol–water partition coefficient (Wildman–Crippen LogP) is 10.4. The highest BCUT2D eigenvalue weighted by atomic mass is 16.6. The van der Waals surface area contributed by atoms with Gasteiger partial charge in [0.1, 0.15) is 11.2 Å². The van der Waals surface area contributed by atoms with Gasteiger partial charge in [-0.2, -0.15) is 0 Å². The van der Waals surface area contributed by atoms with Crippen LogP contribution in [-0.2, 0) is 28.5 Å². The first-order valence-electron chi connectivity index (χ1n) is 31.2. The minimum atomic E-state index is -0.664. The van der Waals surface area contributed by atoms with E-state index in [0.29, 0.717) is 125 Å². The molecule has 0 aromatic heterocycles. The number of methoxy groups -OCH3 is 5. The Balaban J connectivity index is 0.000000315. The van der Waals surface area contributed by atoms with Crippen LogP contribution in [-0.4, -0.2) is 209 Å². The van der Waals surface area contributed by atoms with Gasteiger partial charge in [-0.05, 0) is 183 Å². The van der Waals surface area contributed by atoms with Crippen LogP contribution < -0.4 is 24.3 Å². The number of likely N-dealkylation sites (tertiary alicyclic amines) is 2. The molecule has 20 heteroatoms. The minimum absolute atomic E-state index is 0.0516. The molecule has 5 amide bonds. The Bertz CT molecular complexity index is 2400. The SMILES string of the molecule is COCCCOc1cc(C(=O)N(C(C)C)[C@@H]2CC[C@H](CCN(C(=O)CCCOC)C3CC3)N(C(=O)OC(C)(C)C)C2)ccc1OC.COCCCOc1cc(C(=O)N(C(C)C)[C@@H]2CC[C@H](CCNC3CC3)N(C(=O)OC(C)(C)C)C2)ccc1OC. The molecule has 1 N–H and O–H groups in total. The molecule has 0 bridgehead atoms. The highest BCUT2D eigenvalue weighted by molar-refractivity contribution is 5.96. The second-order valence-corrected chi connectivity index (χ2v) is 25.5. The quantitative estimate of drug-likeness (QED) is 0.0725. The molecule has 20 nitrogen and oxygen atoms in total. The molecule has 2 aliphatic heterocycles. The van der Waals surface area contributed by atoms with Crippen molar-refractivity contribution in [2.24, 2.45) is 0 Å². The standard InChI is InChI=1S/C35H57N3O8.C30H49N3O6/c1-25(2)38(33(40)26-12-17-30(44-8)31(23-26)45-22-10-21-43-7)29-16-15-28(37(24-29)34(41)46-35(3,4)5)18-19-36(27-13-14-27)32(39)11-9-20-42-6;1-21(2)33(28(34)22-9-14-26(37-7)27(19-22)38-18-8-17-36-6)25-13-12-24(15-16-31-23-10-11-23)32(20-25)29(35)39-30(3,4)5/h12,17,23,25,27-29H,9-11,13-16,18-22,24H2,1-8H3;9,14,19,21,23-25,31H,8,10-13,15-18,20H2,1-7H3/t28-,29-;24-,25-/m11/s1. The summed E-state index contributed by atoms with van der Waals surface area (Å²) >= 11 is 0. The van der Waals surface area contributed by atoms with Crippen LogP contribution in [0, 0.1) is 0 Å². The van der Waals surface area contributed by atoms with E-state index in [1.165, 1.54) is 12.8 Å². The van der Waals surface area contributed by atoms with Crippen LogP contribution in [0.1, 0.15) is 180 Å². The van der Waals surface area contributed by atoms with Crippen LogP contribution in [0.3, 0.4) is 0 Å². The third-order valence-corrected chi connectivity index (χ3v) is 15.5. The second kappa shape index (κ2) is 34.1. The fourth-order valence-corrected chi connectivity index (χ4v) is 11.2. The van der Waals surface area contributed by atoms with E-state index in [1.54, 1.807) is 76.8 Å². The summed E-state index contributed by atoms with van der Waals surface area (Å²) in [6.45, 7) is 24.2. The molecule has 2 heterocycles. The maximum Gasteiger partial charge on any atom is 0.410 e. The van der Waals surface area contributed by atoms with Crippen LogP contribution in [0.15, 0.2) is 36.4 Å². The van der Waals surface area contributed by atoms with E-state index in [1.807, 2.05) is 88.8 Å². The molecule has 4 atom stereocenters. The van der Waals surface area contributed by atoms with Crippen molar-refractivity contribution in [2.75, 3.05) is 94.8 Å². The number of carbonyl (C=O) groups excluding carboxylic acids is 5. The van der Waals surface area contributed by atoms with Gasteiger partial charge < -0.3 is 72.4 Å². The summed E-state index contributed by atoms with van der Waals surface area (Å²) in [7, 11) is 8.11. The Labute approximate surface area is 508 Å². The summed E-state index contributed by atoms with van der Waals surface area (Å²) in [4.78, 5) is 77.4. The van der Waals surface area contributed by atoms with Gasteiger partial charge in [-0.15, -0.1) is 0 Å². The van der Waals surface area contributed by atoms with Crippen LogP contribution in [0.2, 0.25) is 0 Å². The molecule has 480 valence electrons. The first kappa shape index (κ1) is 70.2. The van der Waals surface area contributed by atoms with E-state index in [4.69, 9.17) is 42.6 Å². The Hall–Kier alpha value is -5.57. The molecule has 6 rings (SSSR count). The number of nitrogens with one attached hydrogen (secondary N) is 1. The lowest BCUT2D eigenvalue weighted by atomic mass is 9.93. The van der Waals surface area contributed by atoms with Crippen molar-refractivity contribution in [1.82, 2.24) is 29.8 Å². The van der Waals surface area contributed by atoms with Crippen LogP contribution in [0.25, 0.3) is 0 Å². The lowest BCUT2D eigenvalue weighted by Crippen LogP contribution is -2.58. The van der Waals surface area contributed by atoms with E-state index in [0.717, 1.165) is 51.5 Å². The van der Waals surface area contributed by atoms with Gasteiger partial charge in [0.15, 0.2) is 23.0 Å². The number of hydrogen-bond donors (Lipinski definition) is 1. The summed E-state index contributed by atoms with van der Waals surface area (Å²) < 4.78 is 49.8. The van der Waals surface area contributed by atoms with Crippen LogP contribution in [0.5, 0.6) is 23.0 Å². The molecule has 85 heavy (non-hydrogen) atoms. The van der Waals surface area contributed by atoms with E-state index in [9.17, 15) is 24.0 Å². The van der Waals surface area contributed by atoms with E-state index in [2.05, 4.69) is 5.32 Å². The Morgan fingerprint density at radius 1 is 0.541 bits per heavy atom. The van der Waals surface area contributed by atoms with Gasteiger partial charge in [0.2, 0.25) is 5.91 Å². The number of benzene rings is 2. The van der Waals surface area contributed by atoms with Gasteiger partial charge in [-0.1, -0.05) is 0 Å². The molecule has 0 spiro atoms. The van der Waals surface area contributed by atoms with E-state index >= 15 is 0 Å². The zero-order valence-electron chi connectivity index (χ0n) is 54.3. The van der Waals surface area contributed by atoms with Crippen molar-refractivity contribution in [2.45, 2.75) is 219 Å². The van der Waals surface area contributed by atoms with Crippen LogP contribution >= 0.6 is 0 Å². The predicted molar refractivity (Wildman–Crippen MR) is 328 cm³/mol. The fraction of sp³-hybridized carbons (Fsp3) is 0.738. The number of nitrogens with zero attached hydrogens (tertiary/aromatic N) is 5. The lowest BCUT2D eigenvalue weighted by Gasteiger charge is -2.45. The highest BCUT2D eigenvalue weighted by Gasteiger charge is 2.42. The Kier molecular flexibility index (Phi) is 28.2. The van der Waals surface area contributed by atoms with Crippen molar-refractivity contribution in [1.29, 1.82) is 0 Å². The zero-order valence-corrected chi connectivity index (χ0v) is 54.3. The zero-order chi connectivity index (χ0) is 62.4. The Morgan fingerprint density at radius 3 is 1.35 bits per heavy atom. The molecule has 4 aliphatic rings. The summed E-state index contributed by atoms with van der Waals surface area (Å²) in [5, 5.41) is 3.57. The molecule has 0 unspecified atom stereocenters. The van der Waals surface area contributed by atoms with Gasteiger partial charge in [0.25, 0.3) is 11.8 Å². The minimum Gasteiger partial charge on any atom is -0.493 e. The van der Waals surface area contributed by atoms with E-state index < -0.39 is 11.2 Å². The summed E-state index contributed by atoms with van der Waals surface area (Å²) in [5.74, 6) is 2.10. The molecule has 2 aromatic carbocycles. The number of piperidine rings is 2. The van der Waals surface area contributed by atoms with Crippen LogP contribution in [0.4, 0.5) is 9.59 Å². The summed E-state index contributed by atoms with van der Waals surface area (Å²) in [5.41, 5.74) is -0.223. The number of hydrogen-bond acceptors (Lipinski definition) is 15. The number of ether oxygens (including phenoxy) is 9. The van der Waals surface area contributed by atoms with Crippen molar-refractivity contribution in [3.05, 3.63) is 47.5 Å². The largest absolute Gasteiger partial charge is 0.493 e. The molecular formula is C65H106N6O14. The monoisotopic (exact) mass is 1190 g/mol. The first-order chi connectivity index (χ1) is 40.4. The molecule has 0 radical (unpaired) electrons. The fourth-order valence-electron chi connectivity index (χ4n) is 11.2. The summed E-state index contributed by atoms with van der Waals surface area (Å²) in [6.07, 6.45) is 11.0. The smallest absolute Gasteiger partial charge is 0.410 e. The number of rotatable bonds is 30. The molecule has 4 fully saturated rings. The van der Waals surface area contributed by atoms with Crippen molar-refractivity contribution < 1.29 is 66.6 Å². The topological polar surface area (TPSA) is 197 Å². The highest BCUT2D eigenvalue weighted by Crippen LogP contribution is 2.35. The maximum atomic E-state index is 14.1. The van der Waals surface area contributed by atoms with Gasteiger partial charge in [-0.3, -0.25) is 14.4 Å². The normalized spacial score (nSPS) is 18.9. The average molecular weight is 1200 g/mol. The Morgan fingerprint density at radius 2 is 0.965 bits per heavy atom. The first-order valence-corrected chi connectivity index (χ1v) is 31.2. The molecule has 2 saturated carbocycles. The van der Waals surface area contributed by atoms with Crippen molar-refractivity contribution in [3.63, 3.8) is 0 Å². The second-order valence-electron chi connectivity index (χ2n) is 25.5. The number of amides is 5. The van der Waals surface area contributed by atoms with Crippen molar-refractivity contribution in [3.8, 4) is 23.0 Å². The number of carbonyl (C=O) groups is 5. The van der Waals surface area contributed by atoms with Gasteiger partial charge in [0, 0.05) is 127 Å². The van der Waals surface area contributed by atoms with Gasteiger partial charge in [-0.25, -0.2) is 9.59 Å². The van der Waals surface area contributed by atoms with Gasteiger partial charge >= 0.3 is 12.2 Å².